The number of rotatable bonds is 9. The third kappa shape index (κ3) is 5.95. The second-order valence-corrected chi connectivity index (χ2v) is 10.3. The van der Waals surface area contributed by atoms with Crippen molar-refractivity contribution < 1.29 is 14.4 Å². The molecule has 2 aliphatic rings. The Kier molecular flexibility index (Phi) is 8.04. The number of imide groups is 1. The first-order valence-corrected chi connectivity index (χ1v) is 12.9. The van der Waals surface area contributed by atoms with Gasteiger partial charge in [0.15, 0.2) is 0 Å². The Morgan fingerprint density at radius 2 is 1.97 bits per heavy atom. The lowest BCUT2D eigenvalue weighted by molar-refractivity contribution is -0.140. The van der Waals surface area contributed by atoms with Crippen LogP contribution in [0.1, 0.15) is 55.4 Å². The van der Waals surface area contributed by atoms with Gasteiger partial charge in [0.2, 0.25) is 11.8 Å². The fourth-order valence-electron chi connectivity index (χ4n) is 4.83. The highest BCUT2D eigenvalue weighted by atomic mass is 35.5. The summed E-state index contributed by atoms with van der Waals surface area (Å²) in [5.41, 5.74) is 0.969. The van der Waals surface area contributed by atoms with Crippen molar-refractivity contribution in [2.75, 3.05) is 6.54 Å². The van der Waals surface area contributed by atoms with Crippen LogP contribution in [0.3, 0.4) is 0 Å². The van der Waals surface area contributed by atoms with E-state index in [2.05, 4.69) is 5.32 Å². The molecule has 0 bridgehead atoms. The summed E-state index contributed by atoms with van der Waals surface area (Å²) in [5, 5.41) is 5.55. The molecule has 33 heavy (non-hydrogen) atoms. The molecule has 2 heterocycles. The van der Waals surface area contributed by atoms with Crippen LogP contribution in [-0.2, 0) is 22.7 Å². The first-order chi connectivity index (χ1) is 16.0. The van der Waals surface area contributed by atoms with Crippen LogP contribution in [0.5, 0.6) is 0 Å². The number of carbonyl (C=O) groups excluding carboxylic acids is 3. The van der Waals surface area contributed by atoms with E-state index in [4.69, 9.17) is 11.6 Å². The normalized spacial score (nSPS) is 20.6. The molecule has 1 saturated heterocycles. The number of halogens is 1. The highest BCUT2D eigenvalue weighted by Crippen LogP contribution is 2.35. The van der Waals surface area contributed by atoms with Gasteiger partial charge in [-0.15, -0.1) is 11.3 Å². The quantitative estimate of drug-likeness (QED) is 0.493. The van der Waals surface area contributed by atoms with Crippen LogP contribution in [0.15, 0.2) is 41.8 Å². The largest absolute Gasteiger partial charge is 0.351 e. The zero-order valence-electron chi connectivity index (χ0n) is 18.7. The summed E-state index contributed by atoms with van der Waals surface area (Å²) in [6.45, 7) is 1.35. The Morgan fingerprint density at radius 1 is 1.12 bits per heavy atom. The number of benzene rings is 1. The van der Waals surface area contributed by atoms with Gasteiger partial charge in [-0.1, -0.05) is 42.6 Å². The summed E-state index contributed by atoms with van der Waals surface area (Å²) in [4.78, 5) is 43.0. The standard InChI is InChI=1S/C25H30ClN3O3S/c26-19-8-5-7-18(15-19)17-29-22-11-2-1-10-21(22)24(31)28(25(29)32)13-4-3-12-23(30)27-16-20-9-6-14-33-20/h5-9,14-15,21-22H,1-4,10-13,16-17H2,(H,27,30). The van der Waals surface area contributed by atoms with E-state index in [0.717, 1.165) is 36.1 Å². The molecular weight excluding hydrogens is 458 g/mol. The van der Waals surface area contributed by atoms with Crippen LogP contribution in [-0.4, -0.2) is 40.2 Å². The smallest absolute Gasteiger partial charge is 0.327 e. The molecule has 0 spiro atoms. The van der Waals surface area contributed by atoms with Crippen molar-refractivity contribution in [1.29, 1.82) is 0 Å². The van der Waals surface area contributed by atoms with Crippen LogP contribution in [0.2, 0.25) is 5.02 Å². The van der Waals surface area contributed by atoms with Gasteiger partial charge in [-0.3, -0.25) is 14.5 Å². The van der Waals surface area contributed by atoms with E-state index >= 15 is 0 Å². The Bertz CT molecular complexity index is 981. The van der Waals surface area contributed by atoms with Crippen molar-refractivity contribution in [1.82, 2.24) is 15.1 Å². The van der Waals surface area contributed by atoms with Gasteiger partial charge >= 0.3 is 6.03 Å². The highest BCUT2D eigenvalue weighted by Gasteiger charge is 2.46. The number of nitrogens with one attached hydrogen (secondary N) is 1. The van der Waals surface area contributed by atoms with Crippen molar-refractivity contribution in [2.45, 2.75) is 64.1 Å². The van der Waals surface area contributed by atoms with Crippen molar-refractivity contribution in [3.05, 3.63) is 57.2 Å². The number of unbranched alkanes of at least 4 members (excludes halogenated alkanes) is 1. The van der Waals surface area contributed by atoms with E-state index < -0.39 is 0 Å². The maximum atomic E-state index is 13.4. The van der Waals surface area contributed by atoms with E-state index in [1.165, 1.54) is 4.90 Å². The first kappa shape index (κ1) is 23.8. The minimum atomic E-state index is -0.217. The summed E-state index contributed by atoms with van der Waals surface area (Å²) in [6.07, 6.45) is 5.38. The van der Waals surface area contributed by atoms with Crippen molar-refractivity contribution in [2.24, 2.45) is 5.92 Å². The predicted octanol–water partition coefficient (Wildman–Crippen LogP) is 5.21. The predicted molar refractivity (Wildman–Crippen MR) is 130 cm³/mol. The summed E-state index contributed by atoms with van der Waals surface area (Å²) in [7, 11) is 0. The fourth-order valence-corrected chi connectivity index (χ4v) is 5.69. The van der Waals surface area contributed by atoms with Crippen LogP contribution in [0.25, 0.3) is 0 Å². The van der Waals surface area contributed by atoms with Crippen LogP contribution in [0.4, 0.5) is 4.79 Å². The van der Waals surface area contributed by atoms with Crippen molar-refractivity contribution in [3.8, 4) is 0 Å². The van der Waals surface area contributed by atoms with E-state index in [9.17, 15) is 14.4 Å². The minimum Gasteiger partial charge on any atom is -0.351 e. The van der Waals surface area contributed by atoms with Crippen LogP contribution in [0, 0.1) is 5.92 Å². The molecule has 6 nitrogen and oxygen atoms in total. The SMILES string of the molecule is O=C(CCCCN1C(=O)C2CCCCC2N(Cc2cccc(Cl)c2)C1=O)NCc1cccs1. The second kappa shape index (κ2) is 11.2. The monoisotopic (exact) mass is 487 g/mol. The molecular formula is C25H30ClN3O3S. The van der Waals surface area contributed by atoms with E-state index in [0.29, 0.717) is 43.9 Å². The van der Waals surface area contributed by atoms with Gasteiger partial charge in [0.1, 0.15) is 0 Å². The molecule has 176 valence electrons. The van der Waals surface area contributed by atoms with Gasteiger partial charge in [-0.25, -0.2) is 4.79 Å². The summed E-state index contributed by atoms with van der Waals surface area (Å²) < 4.78 is 0. The van der Waals surface area contributed by atoms with Crippen LogP contribution < -0.4 is 5.32 Å². The average Bonchev–Trinajstić information content (AvgIpc) is 3.34. The number of hydrogen-bond acceptors (Lipinski definition) is 4. The summed E-state index contributed by atoms with van der Waals surface area (Å²) in [5.74, 6) is -0.187. The molecule has 2 fully saturated rings. The average molecular weight is 488 g/mol. The molecule has 1 N–H and O–H groups in total. The molecule has 2 unspecified atom stereocenters. The topological polar surface area (TPSA) is 69.7 Å². The number of nitrogens with zero attached hydrogens (tertiary/aromatic N) is 2. The van der Waals surface area contributed by atoms with Gasteiger partial charge in [0.05, 0.1) is 12.5 Å². The molecule has 1 aromatic heterocycles. The zero-order valence-corrected chi connectivity index (χ0v) is 20.2. The molecule has 4 amide bonds. The number of carbonyl (C=O) groups is 3. The third-order valence-electron chi connectivity index (χ3n) is 6.51. The zero-order chi connectivity index (χ0) is 23.2. The third-order valence-corrected chi connectivity index (χ3v) is 7.62. The Hall–Kier alpha value is -2.38. The molecule has 2 atom stereocenters. The van der Waals surface area contributed by atoms with Crippen LogP contribution >= 0.6 is 22.9 Å². The minimum absolute atomic E-state index is 0.00498. The van der Waals surface area contributed by atoms with Crippen molar-refractivity contribution >= 4 is 40.8 Å². The number of thiophene rings is 1. The maximum absolute atomic E-state index is 13.4. The Balaban J connectivity index is 1.33. The molecule has 1 aliphatic heterocycles. The maximum Gasteiger partial charge on any atom is 0.327 e. The Labute approximate surface area is 203 Å². The second-order valence-electron chi connectivity index (χ2n) is 8.80. The highest BCUT2D eigenvalue weighted by molar-refractivity contribution is 7.09. The molecule has 2 aromatic rings. The van der Waals surface area contributed by atoms with Gasteiger partial charge in [0, 0.05) is 35.5 Å². The van der Waals surface area contributed by atoms with Gasteiger partial charge in [0.25, 0.3) is 0 Å². The van der Waals surface area contributed by atoms with E-state index in [-0.39, 0.29) is 29.8 Å². The van der Waals surface area contributed by atoms with Gasteiger partial charge < -0.3 is 10.2 Å². The summed E-state index contributed by atoms with van der Waals surface area (Å²) >= 11 is 7.76. The fraction of sp³-hybridized carbons (Fsp3) is 0.480. The first-order valence-electron chi connectivity index (χ1n) is 11.7. The van der Waals surface area contributed by atoms with E-state index in [1.807, 2.05) is 46.7 Å². The lowest BCUT2D eigenvalue weighted by Crippen LogP contribution is -2.62. The number of amides is 4. The lowest BCUT2D eigenvalue weighted by atomic mass is 9.81. The Morgan fingerprint density at radius 3 is 2.76 bits per heavy atom. The summed E-state index contributed by atoms with van der Waals surface area (Å²) in [6, 6.07) is 11.2. The molecule has 8 heteroatoms. The molecule has 1 aromatic carbocycles. The van der Waals surface area contributed by atoms with Gasteiger partial charge in [-0.2, -0.15) is 0 Å². The number of fused-ring (bicyclic) bond motifs is 1. The molecule has 4 rings (SSSR count). The number of urea groups is 1. The molecule has 0 radical (unpaired) electrons. The molecule has 1 aliphatic carbocycles. The number of hydrogen-bond donors (Lipinski definition) is 1. The van der Waals surface area contributed by atoms with Gasteiger partial charge in [-0.05, 0) is 54.8 Å². The molecule has 1 saturated carbocycles. The van der Waals surface area contributed by atoms with Crippen molar-refractivity contribution in [3.63, 3.8) is 0 Å². The lowest BCUT2D eigenvalue weighted by Gasteiger charge is -2.47. The van der Waals surface area contributed by atoms with E-state index in [1.54, 1.807) is 11.3 Å².